The molecular weight excluding hydrogens is 232 g/mol. The summed E-state index contributed by atoms with van der Waals surface area (Å²) in [6, 6.07) is 16.3. The van der Waals surface area contributed by atoms with Gasteiger partial charge in [-0.25, -0.2) is 0 Å². The van der Waals surface area contributed by atoms with Crippen LogP contribution in [0.2, 0.25) is 0 Å². The lowest BCUT2D eigenvalue weighted by Crippen LogP contribution is -1.87. The average Bonchev–Trinajstić information content (AvgIpc) is 2.46. The lowest BCUT2D eigenvalue weighted by atomic mass is 10.0. The molecule has 0 aliphatic carbocycles. The summed E-state index contributed by atoms with van der Waals surface area (Å²) in [4.78, 5) is 0. The van der Waals surface area contributed by atoms with Crippen LogP contribution in [0.5, 0.6) is 5.75 Å². The summed E-state index contributed by atoms with van der Waals surface area (Å²) < 4.78 is 5.12. The number of ether oxygens (including phenoxy) is 1. The predicted octanol–water partition coefficient (Wildman–Crippen LogP) is 3.99. The molecular formula is C18H18O. The van der Waals surface area contributed by atoms with Crippen LogP contribution in [0.3, 0.4) is 0 Å². The summed E-state index contributed by atoms with van der Waals surface area (Å²) in [6.45, 7) is 2.15. The highest BCUT2D eigenvalue weighted by Gasteiger charge is 1.94. The van der Waals surface area contributed by atoms with E-state index < -0.39 is 0 Å². The molecule has 0 aliphatic heterocycles. The molecule has 2 rings (SSSR count). The predicted molar refractivity (Wildman–Crippen MR) is 79.4 cm³/mol. The molecule has 96 valence electrons. The molecule has 0 bridgehead atoms. The lowest BCUT2D eigenvalue weighted by Gasteiger charge is -2.01. The Morgan fingerprint density at radius 3 is 2.42 bits per heavy atom. The van der Waals surface area contributed by atoms with E-state index >= 15 is 0 Å². The van der Waals surface area contributed by atoms with Crippen LogP contribution >= 0.6 is 0 Å². The van der Waals surface area contributed by atoms with Crippen LogP contribution in [0.4, 0.5) is 0 Å². The van der Waals surface area contributed by atoms with Crippen molar-refractivity contribution in [2.24, 2.45) is 0 Å². The Hall–Kier alpha value is -2.20. The Balaban J connectivity index is 1.92. The van der Waals surface area contributed by atoms with Gasteiger partial charge in [0.15, 0.2) is 0 Å². The maximum atomic E-state index is 5.12. The molecule has 0 aliphatic rings. The third kappa shape index (κ3) is 3.89. The molecule has 0 radical (unpaired) electrons. The Bertz CT molecular complexity index is 585. The first-order chi connectivity index (χ1) is 9.29. The Morgan fingerprint density at radius 2 is 1.74 bits per heavy atom. The number of aryl methyl sites for hydroxylation is 2. The van der Waals surface area contributed by atoms with Crippen molar-refractivity contribution in [3.8, 4) is 17.6 Å². The van der Waals surface area contributed by atoms with Crippen molar-refractivity contribution in [1.82, 2.24) is 0 Å². The molecule has 1 heteroatoms. The van der Waals surface area contributed by atoms with E-state index in [0.717, 1.165) is 24.2 Å². The first-order valence-corrected chi connectivity index (χ1v) is 6.47. The standard InChI is InChI=1S/C18H18O/c1-15-7-3-5-9-17(15)10-6-4-8-16-11-13-18(19-2)14-12-16/h3,5,7,9,11-14H,6,10H2,1-2H3. The second-order valence-corrected chi connectivity index (χ2v) is 4.46. The maximum Gasteiger partial charge on any atom is 0.118 e. The number of methoxy groups -OCH3 is 1. The van der Waals surface area contributed by atoms with Gasteiger partial charge in [-0.2, -0.15) is 0 Å². The largest absolute Gasteiger partial charge is 0.497 e. The van der Waals surface area contributed by atoms with Crippen LogP contribution in [-0.2, 0) is 6.42 Å². The van der Waals surface area contributed by atoms with Gasteiger partial charge < -0.3 is 4.74 Å². The van der Waals surface area contributed by atoms with Gasteiger partial charge in [0.05, 0.1) is 7.11 Å². The SMILES string of the molecule is COc1ccc(C#CCCc2ccccc2C)cc1. The molecule has 0 atom stereocenters. The van der Waals surface area contributed by atoms with E-state index in [9.17, 15) is 0 Å². The van der Waals surface area contributed by atoms with E-state index in [1.54, 1.807) is 7.11 Å². The highest BCUT2D eigenvalue weighted by Crippen LogP contribution is 2.11. The molecule has 0 aromatic heterocycles. The zero-order valence-electron chi connectivity index (χ0n) is 11.4. The summed E-state index contributed by atoms with van der Waals surface area (Å²) in [7, 11) is 1.67. The highest BCUT2D eigenvalue weighted by molar-refractivity contribution is 5.38. The summed E-state index contributed by atoms with van der Waals surface area (Å²) in [5.41, 5.74) is 3.76. The Labute approximate surface area is 115 Å². The lowest BCUT2D eigenvalue weighted by molar-refractivity contribution is 0.415. The highest BCUT2D eigenvalue weighted by atomic mass is 16.5. The topological polar surface area (TPSA) is 9.23 Å². The van der Waals surface area contributed by atoms with Gasteiger partial charge >= 0.3 is 0 Å². The van der Waals surface area contributed by atoms with E-state index in [1.165, 1.54) is 11.1 Å². The fraction of sp³-hybridized carbons (Fsp3) is 0.222. The van der Waals surface area contributed by atoms with Gasteiger partial charge in [-0.3, -0.25) is 0 Å². The van der Waals surface area contributed by atoms with Gasteiger partial charge in [0.1, 0.15) is 5.75 Å². The van der Waals surface area contributed by atoms with Gasteiger partial charge in [-0.05, 0) is 48.7 Å². The molecule has 0 saturated carbocycles. The van der Waals surface area contributed by atoms with Crippen LogP contribution in [-0.4, -0.2) is 7.11 Å². The van der Waals surface area contributed by atoms with Crippen LogP contribution in [0.15, 0.2) is 48.5 Å². The van der Waals surface area contributed by atoms with E-state index in [0.29, 0.717) is 0 Å². The van der Waals surface area contributed by atoms with Gasteiger partial charge in [0.2, 0.25) is 0 Å². The first-order valence-electron chi connectivity index (χ1n) is 6.47. The van der Waals surface area contributed by atoms with Crippen LogP contribution in [0.1, 0.15) is 23.1 Å². The molecule has 2 aromatic rings. The van der Waals surface area contributed by atoms with Crippen molar-refractivity contribution < 1.29 is 4.74 Å². The van der Waals surface area contributed by atoms with Gasteiger partial charge in [-0.15, -0.1) is 0 Å². The molecule has 0 amide bonds. The van der Waals surface area contributed by atoms with Crippen molar-refractivity contribution >= 4 is 0 Å². The van der Waals surface area contributed by atoms with Crippen molar-refractivity contribution in [3.05, 3.63) is 65.2 Å². The fourth-order valence-electron chi connectivity index (χ4n) is 1.93. The number of rotatable bonds is 3. The maximum absolute atomic E-state index is 5.12. The summed E-state index contributed by atoms with van der Waals surface area (Å²) in [6.07, 6.45) is 1.90. The van der Waals surface area contributed by atoms with E-state index in [1.807, 2.05) is 24.3 Å². The van der Waals surface area contributed by atoms with Crippen molar-refractivity contribution in [3.63, 3.8) is 0 Å². The monoisotopic (exact) mass is 250 g/mol. The number of hydrogen-bond acceptors (Lipinski definition) is 1. The van der Waals surface area contributed by atoms with Crippen LogP contribution in [0, 0.1) is 18.8 Å². The molecule has 0 N–H and O–H groups in total. The summed E-state index contributed by atoms with van der Waals surface area (Å²) in [5.74, 6) is 7.27. The third-order valence-corrected chi connectivity index (χ3v) is 3.10. The zero-order valence-corrected chi connectivity index (χ0v) is 11.4. The molecule has 0 spiro atoms. The molecule has 0 saturated heterocycles. The summed E-state index contributed by atoms with van der Waals surface area (Å²) >= 11 is 0. The Kier molecular flexibility index (Phi) is 4.64. The third-order valence-electron chi connectivity index (χ3n) is 3.10. The van der Waals surface area contributed by atoms with Gasteiger partial charge in [-0.1, -0.05) is 36.1 Å². The normalized spacial score (nSPS) is 9.58. The minimum absolute atomic E-state index is 0.866. The quantitative estimate of drug-likeness (QED) is 0.748. The van der Waals surface area contributed by atoms with Gasteiger partial charge in [0.25, 0.3) is 0 Å². The molecule has 19 heavy (non-hydrogen) atoms. The molecule has 0 fully saturated rings. The molecule has 0 heterocycles. The zero-order chi connectivity index (χ0) is 13.5. The minimum atomic E-state index is 0.866. The first kappa shape index (κ1) is 13.2. The van der Waals surface area contributed by atoms with Crippen LogP contribution < -0.4 is 4.74 Å². The van der Waals surface area contributed by atoms with Crippen molar-refractivity contribution in [2.75, 3.05) is 7.11 Å². The fourth-order valence-corrected chi connectivity index (χ4v) is 1.93. The second kappa shape index (κ2) is 6.66. The van der Waals surface area contributed by atoms with Gasteiger partial charge in [0, 0.05) is 12.0 Å². The second-order valence-electron chi connectivity index (χ2n) is 4.46. The average molecular weight is 250 g/mol. The van der Waals surface area contributed by atoms with E-state index in [-0.39, 0.29) is 0 Å². The smallest absolute Gasteiger partial charge is 0.118 e. The van der Waals surface area contributed by atoms with Crippen molar-refractivity contribution in [2.45, 2.75) is 19.8 Å². The molecule has 0 unspecified atom stereocenters. The van der Waals surface area contributed by atoms with E-state index in [4.69, 9.17) is 4.74 Å². The minimum Gasteiger partial charge on any atom is -0.497 e. The molecule has 1 nitrogen and oxygen atoms in total. The Morgan fingerprint density at radius 1 is 1.00 bits per heavy atom. The molecule has 2 aromatic carbocycles. The van der Waals surface area contributed by atoms with Crippen LogP contribution in [0.25, 0.3) is 0 Å². The summed E-state index contributed by atoms with van der Waals surface area (Å²) in [5, 5.41) is 0. The number of hydrogen-bond donors (Lipinski definition) is 0. The number of benzene rings is 2. The van der Waals surface area contributed by atoms with E-state index in [2.05, 4.69) is 43.0 Å². The van der Waals surface area contributed by atoms with Crippen molar-refractivity contribution in [1.29, 1.82) is 0 Å².